The molecule has 2 heterocycles. The number of methoxy groups -OCH3 is 1. The van der Waals surface area contributed by atoms with Crippen LogP contribution in [0, 0.1) is 0 Å². The van der Waals surface area contributed by atoms with Crippen molar-refractivity contribution in [2.45, 2.75) is 19.9 Å². The summed E-state index contributed by atoms with van der Waals surface area (Å²) >= 11 is 0. The van der Waals surface area contributed by atoms with Gasteiger partial charge in [0.15, 0.2) is 0 Å². The van der Waals surface area contributed by atoms with E-state index in [0.29, 0.717) is 30.2 Å². The molecule has 2 aromatic rings. The normalized spacial score (nSPS) is 19.2. The summed E-state index contributed by atoms with van der Waals surface area (Å²) in [4.78, 5) is 27.5. The highest BCUT2D eigenvalue weighted by Gasteiger charge is 2.38. The lowest BCUT2D eigenvalue weighted by Crippen LogP contribution is -2.31. The molecule has 0 bridgehead atoms. The molecule has 1 N–H and O–H groups in total. The number of hydrogen-bond donors (Lipinski definition) is 1. The van der Waals surface area contributed by atoms with E-state index in [1.807, 2.05) is 24.3 Å². The molecular formula is C24H26N4O4. The van der Waals surface area contributed by atoms with Crippen LogP contribution in [0.3, 0.4) is 0 Å². The van der Waals surface area contributed by atoms with E-state index in [0.717, 1.165) is 19.5 Å². The van der Waals surface area contributed by atoms with Gasteiger partial charge in [-0.3, -0.25) is 14.5 Å². The number of carbonyl (C=O) groups is 2. The second-order valence-corrected chi connectivity index (χ2v) is 7.62. The summed E-state index contributed by atoms with van der Waals surface area (Å²) in [5.41, 5.74) is 2.64. The molecule has 2 aliphatic rings. The summed E-state index contributed by atoms with van der Waals surface area (Å²) in [7, 11) is 1.53. The molecule has 8 heteroatoms. The Hall–Kier alpha value is -3.65. The molecule has 0 aromatic heterocycles. The summed E-state index contributed by atoms with van der Waals surface area (Å²) in [6.07, 6.45) is 0.925. The van der Waals surface area contributed by atoms with Crippen molar-refractivity contribution in [1.82, 2.24) is 10.2 Å². The fourth-order valence-corrected chi connectivity index (χ4v) is 3.86. The minimum atomic E-state index is -0.536. The Morgan fingerprint density at radius 2 is 1.88 bits per heavy atom. The van der Waals surface area contributed by atoms with Gasteiger partial charge in [0.1, 0.15) is 17.0 Å². The number of para-hydroxylation sites is 2. The average molecular weight is 434 g/mol. The Kier molecular flexibility index (Phi) is 6.51. The number of benzene rings is 2. The fraction of sp³-hybridized carbons (Fsp3) is 0.292. The minimum Gasteiger partial charge on any atom is -0.494 e. The number of amides is 1. The monoisotopic (exact) mass is 434 g/mol. The van der Waals surface area contributed by atoms with E-state index in [2.05, 4.69) is 27.5 Å². The molecule has 1 amide bonds. The first kappa shape index (κ1) is 21.6. The third-order valence-corrected chi connectivity index (χ3v) is 5.29. The highest BCUT2D eigenvalue weighted by molar-refractivity contribution is 6.29. The van der Waals surface area contributed by atoms with Crippen molar-refractivity contribution >= 4 is 23.5 Å². The predicted octanol–water partition coefficient (Wildman–Crippen LogP) is 2.67. The lowest BCUT2D eigenvalue weighted by Gasteiger charge is -2.21. The van der Waals surface area contributed by atoms with Gasteiger partial charge in [-0.05, 0) is 24.1 Å². The number of nitrogens with one attached hydrogen (secondary N) is 1. The molecular weight excluding hydrogens is 408 g/mol. The smallest absolute Gasteiger partial charge is 0.309 e. The van der Waals surface area contributed by atoms with E-state index in [9.17, 15) is 9.59 Å². The Bertz CT molecular complexity index is 1060. The van der Waals surface area contributed by atoms with Gasteiger partial charge in [-0.2, -0.15) is 5.01 Å². The van der Waals surface area contributed by atoms with Crippen LogP contribution < -0.4 is 15.1 Å². The fourth-order valence-electron chi connectivity index (χ4n) is 3.86. The van der Waals surface area contributed by atoms with Gasteiger partial charge in [-0.15, -0.1) is 5.10 Å². The third kappa shape index (κ3) is 4.65. The van der Waals surface area contributed by atoms with Crippen LogP contribution >= 0.6 is 0 Å². The van der Waals surface area contributed by atoms with Gasteiger partial charge in [0.05, 0.1) is 7.11 Å². The van der Waals surface area contributed by atoms with Crippen LogP contribution in [0.15, 0.2) is 71.0 Å². The van der Waals surface area contributed by atoms with Gasteiger partial charge in [0.25, 0.3) is 11.8 Å². The number of esters is 1. The van der Waals surface area contributed by atoms with Crippen LogP contribution in [-0.2, 0) is 20.9 Å². The summed E-state index contributed by atoms with van der Waals surface area (Å²) in [6.45, 7) is 4.14. The van der Waals surface area contributed by atoms with Crippen LogP contribution in [0.5, 0.6) is 5.75 Å². The molecule has 8 nitrogen and oxygen atoms in total. The van der Waals surface area contributed by atoms with Crippen LogP contribution in [0.2, 0.25) is 0 Å². The van der Waals surface area contributed by atoms with Crippen LogP contribution in [0.25, 0.3) is 0 Å². The maximum Gasteiger partial charge on any atom is 0.309 e. The molecule has 2 aliphatic heterocycles. The number of carbonyl (C=O) groups excluding carboxylic acids is 2. The van der Waals surface area contributed by atoms with Crippen molar-refractivity contribution in [2.75, 3.05) is 31.8 Å². The van der Waals surface area contributed by atoms with Crippen molar-refractivity contribution in [3.63, 3.8) is 0 Å². The van der Waals surface area contributed by atoms with Crippen molar-refractivity contribution in [2.24, 2.45) is 5.10 Å². The van der Waals surface area contributed by atoms with Crippen LogP contribution in [-0.4, -0.2) is 49.4 Å². The maximum absolute atomic E-state index is 13.5. The lowest BCUT2D eigenvalue weighted by molar-refractivity contribution is -0.132. The summed E-state index contributed by atoms with van der Waals surface area (Å²) < 4.78 is 10.8. The van der Waals surface area contributed by atoms with Crippen molar-refractivity contribution in [3.05, 3.63) is 71.4 Å². The second-order valence-electron chi connectivity index (χ2n) is 7.62. The number of hydrazone groups is 1. The first-order valence-corrected chi connectivity index (χ1v) is 10.5. The Balaban J connectivity index is 1.69. The number of rotatable bonds is 4. The second kappa shape index (κ2) is 9.65. The van der Waals surface area contributed by atoms with Gasteiger partial charge in [0, 0.05) is 38.8 Å². The Morgan fingerprint density at radius 1 is 1.12 bits per heavy atom. The average Bonchev–Trinajstić information content (AvgIpc) is 2.95. The van der Waals surface area contributed by atoms with E-state index in [-0.39, 0.29) is 17.4 Å². The van der Waals surface area contributed by atoms with Crippen LogP contribution in [0.1, 0.15) is 18.9 Å². The molecule has 0 saturated carbocycles. The SMILES string of the molecule is COc1ccccc1N1N=C(OC(C)=O)/C(=C2\CN(Cc3ccccc3)CCCN2)C1=O. The van der Waals surface area contributed by atoms with Gasteiger partial charge >= 0.3 is 5.97 Å². The van der Waals surface area contributed by atoms with E-state index in [4.69, 9.17) is 9.47 Å². The standard InChI is InChI=1S/C24H26N4O4/c1-17(29)32-23-22(24(30)28(26-23)20-11-6-7-12-21(20)31-2)19-16-27(14-8-13-25-19)15-18-9-4-3-5-10-18/h3-7,9-12,25H,8,13-16H2,1-2H3/b22-19-. The first-order chi connectivity index (χ1) is 15.6. The molecule has 0 aliphatic carbocycles. The van der Waals surface area contributed by atoms with Gasteiger partial charge in [-0.25, -0.2) is 0 Å². The quantitative estimate of drug-likeness (QED) is 0.589. The molecule has 0 unspecified atom stereocenters. The predicted molar refractivity (Wildman–Crippen MR) is 121 cm³/mol. The summed E-state index contributed by atoms with van der Waals surface area (Å²) in [5.74, 6) is -0.406. The molecule has 0 radical (unpaired) electrons. The minimum absolute atomic E-state index is 0.00235. The zero-order valence-corrected chi connectivity index (χ0v) is 18.2. The van der Waals surface area contributed by atoms with E-state index < -0.39 is 5.97 Å². The number of hydrogen-bond acceptors (Lipinski definition) is 7. The van der Waals surface area contributed by atoms with E-state index >= 15 is 0 Å². The highest BCUT2D eigenvalue weighted by Crippen LogP contribution is 2.33. The number of ether oxygens (including phenoxy) is 2. The van der Waals surface area contributed by atoms with Crippen molar-refractivity contribution in [3.8, 4) is 5.75 Å². The number of anilines is 1. The molecule has 166 valence electrons. The van der Waals surface area contributed by atoms with Gasteiger partial charge in [0.2, 0.25) is 0 Å². The molecule has 2 aromatic carbocycles. The third-order valence-electron chi connectivity index (χ3n) is 5.29. The molecule has 1 fully saturated rings. The first-order valence-electron chi connectivity index (χ1n) is 10.5. The number of nitrogens with zero attached hydrogens (tertiary/aromatic N) is 3. The molecule has 0 spiro atoms. The van der Waals surface area contributed by atoms with E-state index in [1.165, 1.54) is 24.6 Å². The Morgan fingerprint density at radius 3 is 2.62 bits per heavy atom. The summed E-state index contributed by atoms with van der Waals surface area (Å²) in [6, 6.07) is 17.3. The lowest BCUT2D eigenvalue weighted by atomic mass is 10.1. The van der Waals surface area contributed by atoms with E-state index in [1.54, 1.807) is 18.2 Å². The van der Waals surface area contributed by atoms with Gasteiger partial charge in [-0.1, -0.05) is 42.5 Å². The topological polar surface area (TPSA) is 83.5 Å². The summed E-state index contributed by atoms with van der Waals surface area (Å²) in [5, 5.41) is 8.94. The van der Waals surface area contributed by atoms with Crippen molar-refractivity contribution < 1.29 is 19.1 Å². The zero-order chi connectivity index (χ0) is 22.5. The Labute approximate surface area is 187 Å². The molecule has 1 saturated heterocycles. The van der Waals surface area contributed by atoms with Gasteiger partial charge < -0.3 is 14.8 Å². The molecule has 0 atom stereocenters. The highest BCUT2D eigenvalue weighted by atomic mass is 16.5. The van der Waals surface area contributed by atoms with Crippen molar-refractivity contribution in [1.29, 1.82) is 0 Å². The zero-order valence-electron chi connectivity index (χ0n) is 18.2. The molecule has 32 heavy (non-hydrogen) atoms. The van der Waals surface area contributed by atoms with Crippen LogP contribution in [0.4, 0.5) is 5.69 Å². The largest absolute Gasteiger partial charge is 0.494 e. The maximum atomic E-state index is 13.5. The molecule has 4 rings (SSSR count).